The van der Waals surface area contributed by atoms with Crippen LogP contribution >= 0.6 is 39.3 Å². The number of hydrogen-bond donors (Lipinski definition) is 1. The number of benzene rings is 2. The molecule has 0 radical (unpaired) electrons. The van der Waals surface area contributed by atoms with Gasteiger partial charge >= 0.3 is 5.97 Å². The molecule has 33 heavy (non-hydrogen) atoms. The first-order valence-electron chi connectivity index (χ1n) is 8.97. The standard InChI is InChI=1S/C20H13BrClN3O7S/c1-32-19(28)12-8-11(3-5-14(12)22)23-17(26)9-24-18(27)16(33-20(24)29)7-10-2-4-13(21)15(6-10)25(30)31/h2-8H,9H2,1H3,(H,23,26)/b16-7-. The van der Waals surface area contributed by atoms with Gasteiger partial charge < -0.3 is 10.1 Å². The van der Waals surface area contributed by atoms with Gasteiger partial charge in [-0.1, -0.05) is 17.7 Å². The van der Waals surface area contributed by atoms with Gasteiger partial charge in [-0.25, -0.2) is 4.79 Å². The molecule has 170 valence electrons. The minimum absolute atomic E-state index is 0.0175. The number of imide groups is 1. The monoisotopic (exact) mass is 553 g/mol. The van der Waals surface area contributed by atoms with Gasteiger partial charge in [-0.05, 0) is 63.6 Å². The van der Waals surface area contributed by atoms with E-state index in [1.807, 2.05) is 0 Å². The van der Waals surface area contributed by atoms with Crippen LogP contribution in [-0.2, 0) is 14.3 Å². The van der Waals surface area contributed by atoms with E-state index in [-0.39, 0.29) is 31.3 Å². The van der Waals surface area contributed by atoms with E-state index in [1.165, 1.54) is 49.6 Å². The topological polar surface area (TPSA) is 136 Å². The van der Waals surface area contributed by atoms with Crippen molar-refractivity contribution < 1.29 is 28.8 Å². The maximum atomic E-state index is 12.6. The molecule has 0 aromatic heterocycles. The number of hydrogen-bond acceptors (Lipinski definition) is 8. The van der Waals surface area contributed by atoms with Gasteiger partial charge in [0.15, 0.2) is 0 Å². The average Bonchev–Trinajstić information content (AvgIpc) is 3.02. The number of esters is 1. The predicted octanol–water partition coefficient (Wildman–Crippen LogP) is 4.47. The molecule has 10 nitrogen and oxygen atoms in total. The number of anilines is 1. The maximum Gasteiger partial charge on any atom is 0.339 e. The zero-order valence-corrected chi connectivity index (χ0v) is 19.8. The Balaban J connectivity index is 1.73. The summed E-state index contributed by atoms with van der Waals surface area (Å²) >= 11 is 9.63. The van der Waals surface area contributed by atoms with Gasteiger partial charge in [0, 0.05) is 11.8 Å². The molecule has 13 heteroatoms. The van der Waals surface area contributed by atoms with Crippen molar-refractivity contribution in [1.29, 1.82) is 0 Å². The number of nitro benzene ring substituents is 1. The summed E-state index contributed by atoms with van der Waals surface area (Å²) in [5, 5.41) is 13.0. The smallest absolute Gasteiger partial charge is 0.339 e. The Bertz CT molecular complexity index is 1230. The molecule has 1 fully saturated rings. The number of methoxy groups -OCH3 is 1. The Hall–Kier alpha value is -3.22. The lowest BCUT2D eigenvalue weighted by Crippen LogP contribution is -2.36. The van der Waals surface area contributed by atoms with Crippen LogP contribution in [0.4, 0.5) is 16.2 Å². The van der Waals surface area contributed by atoms with Crippen LogP contribution in [0.3, 0.4) is 0 Å². The van der Waals surface area contributed by atoms with Gasteiger partial charge in [0.2, 0.25) is 5.91 Å². The number of ether oxygens (including phenoxy) is 1. The Labute approximate surface area is 204 Å². The molecule has 0 atom stereocenters. The second kappa shape index (κ2) is 10.1. The summed E-state index contributed by atoms with van der Waals surface area (Å²) in [5.74, 6) is -2.09. The second-order valence-electron chi connectivity index (χ2n) is 6.47. The number of nitro groups is 1. The van der Waals surface area contributed by atoms with Crippen molar-refractivity contribution in [2.75, 3.05) is 19.0 Å². The van der Waals surface area contributed by atoms with Crippen LogP contribution in [0.2, 0.25) is 5.02 Å². The third-order valence-electron chi connectivity index (χ3n) is 4.30. The number of nitrogens with one attached hydrogen (secondary N) is 1. The summed E-state index contributed by atoms with van der Waals surface area (Å²) in [7, 11) is 1.18. The number of halogens is 2. The van der Waals surface area contributed by atoms with Crippen LogP contribution in [0, 0.1) is 10.1 Å². The van der Waals surface area contributed by atoms with Crippen molar-refractivity contribution >= 4 is 79.8 Å². The zero-order chi connectivity index (χ0) is 24.3. The van der Waals surface area contributed by atoms with E-state index < -0.39 is 34.5 Å². The van der Waals surface area contributed by atoms with Crippen molar-refractivity contribution in [2.24, 2.45) is 0 Å². The Morgan fingerprint density at radius 2 is 2.00 bits per heavy atom. The highest BCUT2D eigenvalue weighted by Gasteiger charge is 2.36. The lowest BCUT2D eigenvalue weighted by atomic mass is 10.2. The van der Waals surface area contributed by atoms with Crippen LogP contribution in [0.1, 0.15) is 15.9 Å². The van der Waals surface area contributed by atoms with Crippen LogP contribution in [-0.4, -0.2) is 46.5 Å². The molecule has 1 N–H and O–H groups in total. The first-order chi connectivity index (χ1) is 15.6. The normalized spacial score (nSPS) is 14.5. The van der Waals surface area contributed by atoms with E-state index in [1.54, 1.807) is 0 Å². The van der Waals surface area contributed by atoms with E-state index in [4.69, 9.17) is 11.6 Å². The maximum absolute atomic E-state index is 12.6. The van der Waals surface area contributed by atoms with Gasteiger partial charge in [0.05, 0.1) is 32.0 Å². The van der Waals surface area contributed by atoms with E-state index in [0.717, 1.165) is 4.90 Å². The first-order valence-corrected chi connectivity index (χ1v) is 11.0. The molecular formula is C20H13BrClN3O7S. The molecule has 1 aliphatic rings. The fourth-order valence-electron chi connectivity index (χ4n) is 2.76. The highest BCUT2D eigenvalue weighted by molar-refractivity contribution is 9.10. The minimum Gasteiger partial charge on any atom is -0.465 e. The van der Waals surface area contributed by atoms with E-state index in [0.29, 0.717) is 17.3 Å². The molecule has 0 aliphatic carbocycles. The molecule has 0 spiro atoms. The Morgan fingerprint density at radius 1 is 1.27 bits per heavy atom. The minimum atomic E-state index is -0.711. The third kappa shape index (κ3) is 5.59. The van der Waals surface area contributed by atoms with Crippen molar-refractivity contribution in [1.82, 2.24) is 4.90 Å². The molecule has 1 saturated heterocycles. The highest BCUT2D eigenvalue weighted by Crippen LogP contribution is 2.34. The molecule has 2 aromatic rings. The van der Waals surface area contributed by atoms with Crippen molar-refractivity contribution in [2.45, 2.75) is 0 Å². The molecule has 1 heterocycles. The van der Waals surface area contributed by atoms with Crippen molar-refractivity contribution in [3.05, 3.63) is 72.0 Å². The predicted molar refractivity (Wildman–Crippen MR) is 125 cm³/mol. The van der Waals surface area contributed by atoms with Gasteiger partial charge in [-0.3, -0.25) is 29.4 Å². The molecular weight excluding hydrogens is 542 g/mol. The van der Waals surface area contributed by atoms with Crippen LogP contribution in [0.15, 0.2) is 45.8 Å². The molecule has 0 bridgehead atoms. The fraction of sp³-hybridized carbons (Fsp3) is 0.100. The largest absolute Gasteiger partial charge is 0.465 e. The number of rotatable bonds is 6. The fourth-order valence-corrected chi connectivity index (χ4v) is 4.18. The van der Waals surface area contributed by atoms with Gasteiger partial charge in [0.1, 0.15) is 6.54 Å². The molecule has 3 amide bonds. The summed E-state index contributed by atoms with van der Waals surface area (Å²) < 4.78 is 4.89. The van der Waals surface area contributed by atoms with E-state index >= 15 is 0 Å². The summed E-state index contributed by atoms with van der Waals surface area (Å²) in [6.45, 7) is -0.571. The van der Waals surface area contributed by atoms with Crippen molar-refractivity contribution in [3.63, 3.8) is 0 Å². The summed E-state index contributed by atoms with van der Waals surface area (Å²) in [6.07, 6.45) is 1.34. The quantitative estimate of drug-likeness (QED) is 0.239. The Morgan fingerprint density at radius 3 is 2.67 bits per heavy atom. The highest BCUT2D eigenvalue weighted by atomic mass is 79.9. The summed E-state index contributed by atoms with van der Waals surface area (Å²) in [5.41, 5.74) is 0.400. The number of thioether (sulfide) groups is 1. The summed E-state index contributed by atoms with van der Waals surface area (Å²) in [4.78, 5) is 60.3. The van der Waals surface area contributed by atoms with Crippen LogP contribution in [0.25, 0.3) is 6.08 Å². The number of nitrogens with zero attached hydrogens (tertiary/aromatic N) is 2. The average molecular weight is 555 g/mol. The van der Waals surface area contributed by atoms with Crippen molar-refractivity contribution in [3.8, 4) is 0 Å². The molecule has 3 rings (SSSR count). The van der Waals surface area contributed by atoms with Gasteiger partial charge in [0.25, 0.3) is 16.8 Å². The van der Waals surface area contributed by atoms with Crippen LogP contribution in [0.5, 0.6) is 0 Å². The molecule has 2 aromatic carbocycles. The Kier molecular flexibility index (Phi) is 7.51. The SMILES string of the molecule is COC(=O)c1cc(NC(=O)CN2C(=O)S/C(=C\c3ccc(Br)c([N+](=O)[O-])c3)C2=O)ccc1Cl. The van der Waals surface area contributed by atoms with E-state index in [2.05, 4.69) is 26.0 Å². The van der Waals surface area contributed by atoms with E-state index in [9.17, 15) is 29.3 Å². The van der Waals surface area contributed by atoms with Gasteiger partial charge in [-0.15, -0.1) is 0 Å². The lowest BCUT2D eigenvalue weighted by Gasteiger charge is -2.13. The molecule has 0 saturated carbocycles. The van der Waals surface area contributed by atoms with Crippen LogP contribution < -0.4 is 5.32 Å². The van der Waals surface area contributed by atoms with Gasteiger partial charge in [-0.2, -0.15) is 0 Å². The first kappa shape index (κ1) is 24.4. The third-order valence-corrected chi connectivity index (χ3v) is 6.20. The lowest BCUT2D eigenvalue weighted by molar-refractivity contribution is -0.385. The number of carbonyl (C=O) groups excluding carboxylic acids is 4. The number of carbonyl (C=O) groups is 4. The molecule has 1 aliphatic heterocycles. The zero-order valence-electron chi connectivity index (χ0n) is 16.7. The molecule has 0 unspecified atom stereocenters. The summed E-state index contributed by atoms with van der Waals surface area (Å²) in [6, 6.07) is 8.39. The number of amides is 3. The second-order valence-corrected chi connectivity index (χ2v) is 8.72.